The molecule has 1 rings (SSSR count). The quantitative estimate of drug-likeness (QED) is 0.713. The largest absolute Gasteiger partial charge is 0.382 e. The number of ether oxygens (including phenoxy) is 1. The fourth-order valence-corrected chi connectivity index (χ4v) is 1.91. The van der Waals surface area contributed by atoms with E-state index in [1.54, 1.807) is 14.0 Å². The van der Waals surface area contributed by atoms with Gasteiger partial charge in [-0.3, -0.25) is 9.48 Å². The van der Waals surface area contributed by atoms with E-state index in [0.717, 1.165) is 17.0 Å². The smallest absolute Gasteiger partial charge is 0.163 e. The molecular formula is C11H18N2O2. The number of nitrogens with zero attached hydrogens (tertiary/aromatic N) is 2. The molecule has 4 nitrogen and oxygen atoms in total. The first kappa shape index (κ1) is 11.9. The highest BCUT2D eigenvalue weighted by molar-refractivity contribution is 5.96. The van der Waals surface area contributed by atoms with E-state index in [9.17, 15) is 4.79 Å². The molecule has 4 heteroatoms. The monoisotopic (exact) mass is 210 g/mol. The lowest BCUT2D eigenvalue weighted by atomic mass is 10.1. The molecule has 0 fully saturated rings. The Kier molecular flexibility index (Phi) is 3.63. The van der Waals surface area contributed by atoms with Crippen LogP contribution in [0.2, 0.25) is 0 Å². The predicted octanol–water partition coefficient (Wildman–Crippen LogP) is 1.91. The van der Waals surface area contributed by atoms with Gasteiger partial charge < -0.3 is 4.74 Å². The summed E-state index contributed by atoms with van der Waals surface area (Å²) in [5.41, 5.74) is 2.45. The molecule has 1 unspecified atom stereocenters. The zero-order chi connectivity index (χ0) is 11.6. The molecule has 1 heterocycles. The van der Waals surface area contributed by atoms with Crippen LogP contribution in [0.5, 0.6) is 0 Å². The molecule has 0 aliphatic rings. The van der Waals surface area contributed by atoms with Crippen LogP contribution in [0.4, 0.5) is 0 Å². The van der Waals surface area contributed by atoms with Gasteiger partial charge in [0.05, 0.1) is 23.9 Å². The van der Waals surface area contributed by atoms with E-state index in [2.05, 4.69) is 5.10 Å². The van der Waals surface area contributed by atoms with Crippen LogP contribution in [0.25, 0.3) is 0 Å². The second kappa shape index (κ2) is 4.57. The van der Waals surface area contributed by atoms with Gasteiger partial charge in [0.2, 0.25) is 0 Å². The fraction of sp³-hybridized carbons (Fsp3) is 0.636. The van der Waals surface area contributed by atoms with Gasteiger partial charge in [0, 0.05) is 12.8 Å². The predicted molar refractivity (Wildman–Crippen MR) is 58.3 cm³/mol. The molecule has 0 aromatic carbocycles. The number of ketones is 1. The van der Waals surface area contributed by atoms with E-state index < -0.39 is 0 Å². The van der Waals surface area contributed by atoms with Crippen molar-refractivity contribution in [3.63, 3.8) is 0 Å². The molecule has 0 aliphatic carbocycles. The minimum atomic E-state index is 0.0702. The van der Waals surface area contributed by atoms with Gasteiger partial charge in [0.25, 0.3) is 0 Å². The molecule has 0 amide bonds. The summed E-state index contributed by atoms with van der Waals surface area (Å²) >= 11 is 0. The topological polar surface area (TPSA) is 44.1 Å². The van der Waals surface area contributed by atoms with Crippen LogP contribution < -0.4 is 0 Å². The highest BCUT2D eigenvalue weighted by atomic mass is 16.5. The third-order valence-electron chi connectivity index (χ3n) is 2.50. The normalized spacial score (nSPS) is 12.9. The first-order valence-electron chi connectivity index (χ1n) is 5.04. The minimum absolute atomic E-state index is 0.0702. The number of carbonyl (C=O) groups is 1. The number of aromatic nitrogens is 2. The first-order chi connectivity index (χ1) is 6.99. The summed E-state index contributed by atoms with van der Waals surface area (Å²) in [5, 5.41) is 4.37. The summed E-state index contributed by atoms with van der Waals surface area (Å²) in [6, 6.07) is 0.154. The number of methoxy groups -OCH3 is 1. The second-order valence-electron chi connectivity index (χ2n) is 3.85. The molecular weight excluding hydrogens is 192 g/mol. The summed E-state index contributed by atoms with van der Waals surface area (Å²) < 4.78 is 6.93. The van der Waals surface area contributed by atoms with Crippen LogP contribution >= 0.6 is 0 Å². The van der Waals surface area contributed by atoms with E-state index in [0.29, 0.717) is 6.61 Å². The summed E-state index contributed by atoms with van der Waals surface area (Å²) in [6.07, 6.45) is 0. The van der Waals surface area contributed by atoms with Crippen molar-refractivity contribution >= 4 is 5.78 Å². The van der Waals surface area contributed by atoms with Crippen molar-refractivity contribution in [2.24, 2.45) is 0 Å². The maximum Gasteiger partial charge on any atom is 0.163 e. The van der Waals surface area contributed by atoms with Crippen LogP contribution in [0.3, 0.4) is 0 Å². The van der Waals surface area contributed by atoms with Crippen molar-refractivity contribution in [3.05, 3.63) is 17.0 Å². The molecule has 0 N–H and O–H groups in total. The lowest BCUT2D eigenvalue weighted by Gasteiger charge is -2.12. The Bertz CT molecular complexity index is 369. The summed E-state index contributed by atoms with van der Waals surface area (Å²) in [4.78, 5) is 11.4. The Balaban J connectivity index is 3.11. The minimum Gasteiger partial charge on any atom is -0.382 e. The van der Waals surface area contributed by atoms with Crippen LogP contribution in [0.1, 0.15) is 41.6 Å². The zero-order valence-electron chi connectivity index (χ0n) is 10.00. The van der Waals surface area contributed by atoms with Gasteiger partial charge in [-0.15, -0.1) is 0 Å². The molecule has 0 bridgehead atoms. The summed E-state index contributed by atoms with van der Waals surface area (Å²) in [6.45, 7) is 7.97. The SMILES string of the molecule is COCC(C)n1nc(C)c(C(C)=O)c1C. The van der Waals surface area contributed by atoms with Gasteiger partial charge in [-0.1, -0.05) is 0 Å². The van der Waals surface area contributed by atoms with Gasteiger partial charge in [-0.2, -0.15) is 5.10 Å². The van der Waals surface area contributed by atoms with Crippen LogP contribution in [0, 0.1) is 13.8 Å². The number of hydrogen-bond donors (Lipinski definition) is 0. The van der Waals surface area contributed by atoms with Gasteiger partial charge >= 0.3 is 0 Å². The van der Waals surface area contributed by atoms with Crippen LogP contribution in [0.15, 0.2) is 0 Å². The van der Waals surface area contributed by atoms with Crippen molar-refractivity contribution in [2.75, 3.05) is 13.7 Å². The Morgan fingerprint density at radius 2 is 2.13 bits per heavy atom. The van der Waals surface area contributed by atoms with Crippen LogP contribution in [-0.4, -0.2) is 29.3 Å². The standard InChI is InChI=1S/C11H18N2O2/c1-7(6-15-5)13-9(3)11(10(4)14)8(2)12-13/h7H,6H2,1-5H3. The van der Waals surface area contributed by atoms with Gasteiger partial charge in [0.15, 0.2) is 5.78 Å². The molecule has 0 saturated carbocycles. The molecule has 0 aliphatic heterocycles. The van der Waals surface area contributed by atoms with E-state index in [4.69, 9.17) is 4.74 Å². The summed E-state index contributed by atoms with van der Waals surface area (Å²) in [5.74, 6) is 0.0702. The maximum absolute atomic E-state index is 11.4. The molecule has 0 spiro atoms. The van der Waals surface area contributed by atoms with E-state index in [1.165, 1.54) is 0 Å². The number of rotatable bonds is 4. The molecule has 1 atom stereocenters. The molecule has 15 heavy (non-hydrogen) atoms. The number of aryl methyl sites for hydroxylation is 1. The highest BCUT2D eigenvalue weighted by Gasteiger charge is 2.17. The average Bonchev–Trinajstić information content (AvgIpc) is 2.42. The molecule has 1 aromatic rings. The molecule has 0 saturated heterocycles. The first-order valence-corrected chi connectivity index (χ1v) is 5.04. The van der Waals surface area contributed by atoms with Crippen LogP contribution in [-0.2, 0) is 4.74 Å². The summed E-state index contributed by atoms with van der Waals surface area (Å²) in [7, 11) is 1.66. The van der Waals surface area contributed by atoms with E-state index >= 15 is 0 Å². The molecule has 1 aromatic heterocycles. The maximum atomic E-state index is 11.4. The van der Waals surface area contributed by atoms with E-state index in [-0.39, 0.29) is 11.8 Å². The molecule has 0 radical (unpaired) electrons. The zero-order valence-corrected chi connectivity index (χ0v) is 10.00. The number of carbonyl (C=O) groups excluding carboxylic acids is 1. The lowest BCUT2D eigenvalue weighted by Crippen LogP contribution is -2.14. The Morgan fingerprint density at radius 3 is 2.53 bits per heavy atom. The third-order valence-corrected chi connectivity index (χ3v) is 2.50. The Morgan fingerprint density at radius 1 is 1.53 bits per heavy atom. The second-order valence-corrected chi connectivity index (χ2v) is 3.85. The van der Waals surface area contributed by atoms with Gasteiger partial charge in [-0.05, 0) is 27.7 Å². The number of hydrogen-bond acceptors (Lipinski definition) is 3. The van der Waals surface area contributed by atoms with Crippen molar-refractivity contribution < 1.29 is 9.53 Å². The van der Waals surface area contributed by atoms with Crippen molar-refractivity contribution in [1.82, 2.24) is 9.78 Å². The van der Waals surface area contributed by atoms with Gasteiger partial charge in [-0.25, -0.2) is 0 Å². The van der Waals surface area contributed by atoms with E-state index in [1.807, 2.05) is 25.5 Å². The fourth-order valence-electron chi connectivity index (χ4n) is 1.91. The third kappa shape index (κ3) is 2.26. The number of Topliss-reactive ketones (excluding diaryl/α,β-unsaturated/α-hetero) is 1. The molecule has 84 valence electrons. The van der Waals surface area contributed by atoms with Crippen molar-refractivity contribution in [2.45, 2.75) is 33.7 Å². The Hall–Kier alpha value is -1.16. The Labute approximate surface area is 90.2 Å². The van der Waals surface area contributed by atoms with Crippen molar-refractivity contribution in [3.8, 4) is 0 Å². The average molecular weight is 210 g/mol. The highest BCUT2D eigenvalue weighted by Crippen LogP contribution is 2.17. The lowest BCUT2D eigenvalue weighted by molar-refractivity contribution is 0.101. The van der Waals surface area contributed by atoms with Gasteiger partial charge in [0.1, 0.15) is 0 Å². The van der Waals surface area contributed by atoms with Crippen molar-refractivity contribution in [1.29, 1.82) is 0 Å².